The van der Waals surface area contributed by atoms with Gasteiger partial charge >= 0.3 is 6.03 Å². The summed E-state index contributed by atoms with van der Waals surface area (Å²) in [6.45, 7) is 3.03. The minimum absolute atomic E-state index is 0.103. The van der Waals surface area contributed by atoms with Crippen LogP contribution in [-0.2, 0) is 13.1 Å². The number of methoxy groups -OCH3 is 1. The third kappa shape index (κ3) is 4.10. The van der Waals surface area contributed by atoms with Crippen LogP contribution in [0.5, 0.6) is 5.75 Å². The van der Waals surface area contributed by atoms with Crippen molar-refractivity contribution in [1.29, 1.82) is 0 Å². The van der Waals surface area contributed by atoms with Crippen LogP contribution in [0.4, 0.5) is 4.79 Å². The maximum absolute atomic E-state index is 13.7. The number of aromatic nitrogens is 1. The molecule has 2 heterocycles. The zero-order valence-electron chi connectivity index (χ0n) is 18.9. The number of carbonyl (C=O) groups is 1. The van der Waals surface area contributed by atoms with Crippen molar-refractivity contribution in [2.75, 3.05) is 7.11 Å². The number of carbonyl (C=O) groups excluding carboxylic acids is 1. The molecule has 0 aliphatic carbocycles. The minimum Gasteiger partial charge on any atom is -0.497 e. The van der Waals surface area contributed by atoms with Crippen molar-refractivity contribution in [3.05, 3.63) is 119 Å². The topological polar surface area (TPSA) is 46.5 Å². The van der Waals surface area contributed by atoms with Crippen LogP contribution in [0, 0.1) is 6.92 Å². The van der Waals surface area contributed by atoms with Crippen molar-refractivity contribution in [1.82, 2.24) is 14.8 Å². The van der Waals surface area contributed by atoms with Crippen LogP contribution in [0.25, 0.3) is 5.69 Å². The Morgan fingerprint density at radius 1 is 1.00 bits per heavy atom. The molecular formula is C28H27N3O2. The van der Waals surface area contributed by atoms with E-state index in [0.717, 1.165) is 33.8 Å². The Morgan fingerprint density at radius 3 is 2.70 bits per heavy atom. The van der Waals surface area contributed by atoms with Gasteiger partial charge < -0.3 is 19.5 Å². The van der Waals surface area contributed by atoms with E-state index in [1.165, 1.54) is 5.56 Å². The van der Waals surface area contributed by atoms with Gasteiger partial charge in [0.1, 0.15) is 5.75 Å². The molecule has 0 radical (unpaired) electrons. The predicted molar refractivity (Wildman–Crippen MR) is 130 cm³/mol. The Kier molecular flexibility index (Phi) is 5.61. The number of para-hydroxylation sites is 1. The molecule has 5 rings (SSSR count). The lowest BCUT2D eigenvalue weighted by Gasteiger charge is -2.31. The molecule has 3 aromatic carbocycles. The number of nitrogens with zero attached hydrogens (tertiary/aromatic N) is 2. The summed E-state index contributed by atoms with van der Waals surface area (Å²) in [5.41, 5.74) is 6.55. The molecule has 0 saturated carbocycles. The van der Waals surface area contributed by atoms with Crippen LogP contribution in [0.1, 0.15) is 34.0 Å². The van der Waals surface area contributed by atoms with Gasteiger partial charge in [-0.3, -0.25) is 0 Å². The molecule has 4 aromatic rings. The normalized spacial score (nSPS) is 14.7. The largest absolute Gasteiger partial charge is 0.497 e. The minimum atomic E-state index is -0.211. The van der Waals surface area contributed by atoms with Crippen molar-refractivity contribution >= 4 is 6.03 Å². The van der Waals surface area contributed by atoms with E-state index in [4.69, 9.17) is 4.74 Å². The van der Waals surface area contributed by atoms with E-state index in [1.54, 1.807) is 7.11 Å². The van der Waals surface area contributed by atoms with Crippen molar-refractivity contribution in [3.8, 4) is 11.4 Å². The van der Waals surface area contributed by atoms with Crippen molar-refractivity contribution in [3.63, 3.8) is 0 Å². The molecule has 1 aliphatic heterocycles. The Labute approximate surface area is 194 Å². The van der Waals surface area contributed by atoms with Crippen LogP contribution < -0.4 is 10.1 Å². The molecule has 0 fully saturated rings. The number of fused-ring (bicyclic) bond motifs is 3. The fourth-order valence-corrected chi connectivity index (χ4v) is 4.59. The Balaban J connectivity index is 1.54. The number of aryl methyl sites for hydroxylation is 1. The highest BCUT2D eigenvalue weighted by molar-refractivity contribution is 5.76. The van der Waals surface area contributed by atoms with Gasteiger partial charge in [-0.15, -0.1) is 0 Å². The summed E-state index contributed by atoms with van der Waals surface area (Å²) in [4.78, 5) is 15.6. The first-order chi connectivity index (χ1) is 16.1. The average molecular weight is 438 g/mol. The van der Waals surface area contributed by atoms with Gasteiger partial charge in [-0.1, -0.05) is 60.2 Å². The first-order valence-corrected chi connectivity index (χ1v) is 11.1. The molecule has 0 bridgehead atoms. The lowest BCUT2D eigenvalue weighted by atomic mass is 10.00. The van der Waals surface area contributed by atoms with E-state index in [0.29, 0.717) is 13.1 Å². The van der Waals surface area contributed by atoms with Crippen LogP contribution in [0.3, 0.4) is 0 Å². The van der Waals surface area contributed by atoms with Gasteiger partial charge in [0, 0.05) is 18.4 Å². The van der Waals surface area contributed by atoms with E-state index in [9.17, 15) is 4.79 Å². The van der Waals surface area contributed by atoms with Crippen LogP contribution >= 0.6 is 0 Å². The number of hydrogen-bond donors (Lipinski definition) is 1. The number of rotatable bonds is 4. The lowest BCUT2D eigenvalue weighted by molar-refractivity contribution is 0.180. The van der Waals surface area contributed by atoms with Crippen LogP contribution in [0.15, 0.2) is 91.1 Å². The molecule has 0 spiro atoms. The third-order valence-corrected chi connectivity index (χ3v) is 6.16. The maximum atomic E-state index is 13.7. The molecule has 1 aliphatic rings. The van der Waals surface area contributed by atoms with Crippen LogP contribution in [-0.4, -0.2) is 22.6 Å². The van der Waals surface area contributed by atoms with Crippen molar-refractivity contribution in [2.24, 2.45) is 0 Å². The number of ether oxygens (including phenoxy) is 1. The highest BCUT2D eigenvalue weighted by atomic mass is 16.5. The summed E-state index contributed by atoms with van der Waals surface area (Å²) >= 11 is 0. The summed E-state index contributed by atoms with van der Waals surface area (Å²) in [6.07, 6.45) is 2.08. The van der Waals surface area contributed by atoms with E-state index in [-0.39, 0.29) is 12.1 Å². The summed E-state index contributed by atoms with van der Waals surface area (Å²) in [5.74, 6) is 0.779. The number of benzene rings is 3. The summed E-state index contributed by atoms with van der Waals surface area (Å²) < 4.78 is 7.53. The zero-order valence-corrected chi connectivity index (χ0v) is 18.9. The molecule has 5 nitrogen and oxygen atoms in total. The van der Waals surface area contributed by atoms with Crippen LogP contribution in [0.2, 0.25) is 0 Å². The zero-order chi connectivity index (χ0) is 22.8. The second kappa shape index (κ2) is 8.87. The Bertz CT molecular complexity index is 1290. The second-order valence-electron chi connectivity index (χ2n) is 8.39. The molecular weight excluding hydrogens is 410 g/mol. The van der Waals surface area contributed by atoms with Gasteiger partial charge in [0.2, 0.25) is 0 Å². The second-order valence-corrected chi connectivity index (χ2v) is 8.39. The average Bonchev–Trinajstić information content (AvgIpc) is 3.27. The van der Waals surface area contributed by atoms with Crippen molar-refractivity contribution in [2.45, 2.75) is 26.1 Å². The third-order valence-electron chi connectivity index (χ3n) is 6.16. The highest BCUT2D eigenvalue weighted by Crippen LogP contribution is 2.36. The predicted octanol–water partition coefficient (Wildman–Crippen LogP) is 5.61. The first-order valence-electron chi connectivity index (χ1n) is 11.1. The molecule has 0 saturated heterocycles. The molecule has 166 valence electrons. The fourth-order valence-electron chi connectivity index (χ4n) is 4.59. The fraction of sp³-hybridized carbons (Fsp3) is 0.179. The standard InChI is InChI=1S/C28H27N3O2/c1-20-8-5-11-22(16-20)27-26-14-7-15-30(26)25-13-4-3-10-23(25)19-31(27)28(32)29-18-21-9-6-12-24(17-21)33-2/h3-17,27H,18-19H2,1-2H3,(H,29,32)/t27-/m0/s1. The van der Waals surface area contributed by atoms with E-state index < -0.39 is 0 Å². The smallest absolute Gasteiger partial charge is 0.318 e. The van der Waals surface area contributed by atoms with E-state index >= 15 is 0 Å². The van der Waals surface area contributed by atoms with Gasteiger partial charge in [0.25, 0.3) is 0 Å². The molecule has 2 amide bonds. The number of amides is 2. The van der Waals surface area contributed by atoms with E-state index in [2.05, 4.69) is 65.5 Å². The van der Waals surface area contributed by atoms with Gasteiger partial charge in [-0.25, -0.2) is 4.79 Å². The number of nitrogens with one attached hydrogen (secondary N) is 1. The molecule has 5 heteroatoms. The quantitative estimate of drug-likeness (QED) is 0.451. The molecule has 33 heavy (non-hydrogen) atoms. The maximum Gasteiger partial charge on any atom is 0.318 e. The number of urea groups is 1. The SMILES string of the molecule is COc1cccc(CNC(=O)N2Cc3ccccc3-n3cccc3[C@@H]2c2cccc(C)c2)c1. The van der Waals surface area contributed by atoms with Gasteiger partial charge in [0.05, 0.1) is 25.4 Å². The van der Waals surface area contributed by atoms with Gasteiger partial charge in [-0.2, -0.15) is 0 Å². The lowest BCUT2D eigenvalue weighted by Crippen LogP contribution is -2.41. The molecule has 1 atom stereocenters. The first kappa shape index (κ1) is 20.9. The Morgan fingerprint density at radius 2 is 1.85 bits per heavy atom. The van der Waals surface area contributed by atoms with Crippen molar-refractivity contribution < 1.29 is 9.53 Å². The van der Waals surface area contributed by atoms with E-state index in [1.807, 2.05) is 47.4 Å². The number of hydrogen-bond acceptors (Lipinski definition) is 2. The van der Waals surface area contributed by atoms with Gasteiger partial charge in [-0.05, 0) is 53.9 Å². The monoisotopic (exact) mass is 437 g/mol. The highest BCUT2D eigenvalue weighted by Gasteiger charge is 2.32. The molecule has 0 unspecified atom stereocenters. The summed E-state index contributed by atoms with van der Waals surface area (Å²) in [7, 11) is 1.65. The summed E-state index contributed by atoms with van der Waals surface area (Å²) in [6, 6.07) is 28.3. The summed E-state index contributed by atoms with van der Waals surface area (Å²) in [5, 5.41) is 3.14. The Hall–Kier alpha value is -3.99. The van der Waals surface area contributed by atoms with Gasteiger partial charge in [0.15, 0.2) is 0 Å². The molecule has 1 aromatic heterocycles. The molecule has 1 N–H and O–H groups in total.